The van der Waals surface area contributed by atoms with Crippen molar-refractivity contribution >= 4 is 29.6 Å². The van der Waals surface area contributed by atoms with Crippen LogP contribution in [-0.4, -0.2) is 87.8 Å². The number of amides is 4. The molecule has 226 valence electrons. The van der Waals surface area contributed by atoms with Crippen LogP contribution in [0, 0.1) is 11.8 Å². The van der Waals surface area contributed by atoms with Crippen molar-refractivity contribution < 1.29 is 29.1 Å². The summed E-state index contributed by atoms with van der Waals surface area (Å²) in [6.45, 7) is 8.18. The highest BCUT2D eigenvalue weighted by atomic mass is 16.4. The second kappa shape index (κ2) is 14.4. The van der Waals surface area contributed by atoms with E-state index in [0.717, 1.165) is 5.56 Å². The summed E-state index contributed by atoms with van der Waals surface area (Å²) in [6.07, 6.45) is 2.72. The molecular weight excluding hydrogens is 526 g/mol. The summed E-state index contributed by atoms with van der Waals surface area (Å²) < 4.78 is 0. The van der Waals surface area contributed by atoms with Gasteiger partial charge in [-0.3, -0.25) is 19.2 Å². The number of aliphatic carboxylic acids is 1. The molecule has 1 aromatic carbocycles. The summed E-state index contributed by atoms with van der Waals surface area (Å²) in [7, 11) is 0. The normalized spacial score (nSPS) is 21.0. The zero-order chi connectivity index (χ0) is 30.3. The summed E-state index contributed by atoms with van der Waals surface area (Å²) in [6, 6.07) is 5.07. The predicted molar refractivity (Wildman–Crippen MR) is 153 cm³/mol. The van der Waals surface area contributed by atoms with Crippen LogP contribution in [0.2, 0.25) is 0 Å². The van der Waals surface area contributed by atoms with Crippen LogP contribution in [0.4, 0.5) is 0 Å². The van der Waals surface area contributed by atoms with Gasteiger partial charge >= 0.3 is 5.97 Å². The molecule has 2 heterocycles. The van der Waals surface area contributed by atoms with Crippen molar-refractivity contribution in [2.45, 2.75) is 96.4 Å². The molecule has 0 saturated carbocycles. The number of carboxylic acid groups (broad SMARTS) is 1. The number of rotatable bonds is 12. The molecular formula is C30H45N5O6. The van der Waals surface area contributed by atoms with E-state index in [4.69, 9.17) is 5.73 Å². The highest BCUT2D eigenvalue weighted by Gasteiger charge is 2.44. The molecule has 2 fully saturated rings. The van der Waals surface area contributed by atoms with Crippen LogP contribution in [0.5, 0.6) is 0 Å². The van der Waals surface area contributed by atoms with E-state index < -0.39 is 48.0 Å². The molecule has 0 spiro atoms. The maximum absolute atomic E-state index is 13.8. The van der Waals surface area contributed by atoms with Crippen molar-refractivity contribution in [3.05, 3.63) is 35.9 Å². The number of carbonyl (C=O) groups is 5. The Morgan fingerprint density at radius 1 is 0.902 bits per heavy atom. The van der Waals surface area contributed by atoms with E-state index in [0.29, 0.717) is 51.6 Å². The molecule has 5 unspecified atom stereocenters. The van der Waals surface area contributed by atoms with Crippen LogP contribution in [0.3, 0.4) is 0 Å². The minimum atomic E-state index is -1.04. The first-order valence-corrected chi connectivity index (χ1v) is 14.6. The molecule has 3 rings (SSSR count). The lowest BCUT2D eigenvalue weighted by Gasteiger charge is -2.34. The van der Waals surface area contributed by atoms with Crippen LogP contribution in [0.15, 0.2) is 30.3 Å². The minimum Gasteiger partial charge on any atom is -0.480 e. The number of hydrogen-bond acceptors (Lipinski definition) is 6. The summed E-state index contributed by atoms with van der Waals surface area (Å²) >= 11 is 0. The van der Waals surface area contributed by atoms with E-state index in [-0.39, 0.29) is 23.7 Å². The Hall–Kier alpha value is -3.47. The number of likely N-dealkylation sites (tertiary alicyclic amines) is 2. The van der Waals surface area contributed by atoms with Gasteiger partial charge in [-0.25, -0.2) is 4.79 Å². The standard InChI is InChI=1S/C30H45N5O6/c1-18(2)16-22(32-26(36)21(31)17-20-10-6-5-7-11-20)27(37)33-25(19(3)4)29(39)34-14-8-12-23(34)28(38)35-15-9-13-24(35)30(40)41/h5-7,10-11,18-19,21-25H,8-9,12-17,31H2,1-4H3,(H,32,36)(H,33,37)(H,40,41). The van der Waals surface area contributed by atoms with Gasteiger partial charge in [-0.05, 0) is 55.9 Å². The van der Waals surface area contributed by atoms with Gasteiger partial charge in [-0.1, -0.05) is 58.0 Å². The monoisotopic (exact) mass is 571 g/mol. The number of hydrogen-bond donors (Lipinski definition) is 4. The van der Waals surface area contributed by atoms with Crippen LogP contribution < -0.4 is 16.4 Å². The van der Waals surface area contributed by atoms with E-state index in [9.17, 15) is 29.1 Å². The Balaban J connectivity index is 1.70. The largest absolute Gasteiger partial charge is 0.480 e. The maximum Gasteiger partial charge on any atom is 0.326 e. The van der Waals surface area contributed by atoms with Crippen molar-refractivity contribution in [1.82, 2.24) is 20.4 Å². The summed E-state index contributed by atoms with van der Waals surface area (Å²) in [5, 5.41) is 15.2. The molecule has 11 heteroatoms. The lowest BCUT2D eigenvalue weighted by Crippen LogP contribution is -2.59. The Morgan fingerprint density at radius 3 is 2.10 bits per heavy atom. The Labute approximate surface area is 242 Å². The minimum absolute atomic E-state index is 0.0767. The van der Waals surface area contributed by atoms with Gasteiger partial charge in [-0.15, -0.1) is 0 Å². The Morgan fingerprint density at radius 2 is 1.51 bits per heavy atom. The van der Waals surface area contributed by atoms with E-state index in [1.807, 2.05) is 58.0 Å². The van der Waals surface area contributed by atoms with E-state index in [2.05, 4.69) is 10.6 Å². The first kappa shape index (κ1) is 32.0. The van der Waals surface area contributed by atoms with Gasteiger partial charge in [-0.2, -0.15) is 0 Å². The van der Waals surface area contributed by atoms with Crippen LogP contribution in [0.1, 0.15) is 65.4 Å². The third-order valence-corrected chi connectivity index (χ3v) is 7.85. The SMILES string of the molecule is CC(C)CC(NC(=O)C(N)Cc1ccccc1)C(=O)NC(C(=O)N1CCCC1C(=O)N1CCCC1C(=O)O)C(C)C. The molecule has 2 aliphatic heterocycles. The quantitative estimate of drug-likeness (QED) is 0.294. The number of benzene rings is 1. The Kier molecular flexibility index (Phi) is 11.3. The molecule has 5 atom stereocenters. The molecule has 0 bridgehead atoms. The van der Waals surface area contributed by atoms with Gasteiger partial charge in [0.1, 0.15) is 24.2 Å². The van der Waals surface area contributed by atoms with Crippen molar-refractivity contribution in [1.29, 1.82) is 0 Å². The van der Waals surface area contributed by atoms with Gasteiger partial charge in [0.15, 0.2) is 0 Å². The lowest BCUT2D eigenvalue weighted by molar-refractivity contribution is -0.152. The highest BCUT2D eigenvalue weighted by Crippen LogP contribution is 2.26. The van der Waals surface area contributed by atoms with Crippen molar-refractivity contribution in [3.63, 3.8) is 0 Å². The number of carboxylic acids is 1. The molecule has 2 saturated heterocycles. The van der Waals surface area contributed by atoms with E-state index in [1.54, 1.807) is 0 Å². The molecule has 1 aromatic rings. The van der Waals surface area contributed by atoms with E-state index in [1.165, 1.54) is 9.80 Å². The Bertz CT molecular complexity index is 1090. The molecule has 0 radical (unpaired) electrons. The number of carbonyl (C=O) groups excluding carboxylic acids is 4. The zero-order valence-corrected chi connectivity index (χ0v) is 24.5. The fourth-order valence-corrected chi connectivity index (χ4v) is 5.65. The molecule has 2 aliphatic rings. The first-order valence-electron chi connectivity index (χ1n) is 14.6. The highest BCUT2D eigenvalue weighted by molar-refractivity contribution is 5.96. The van der Waals surface area contributed by atoms with Crippen molar-refractivity contribution in [2.24, 2.45) is 17.6 Å². The lowest BCUT2D eigenvalue weighted by atomic mass is 9.98. The van der Waals surface area contributed by atoms with Crippen LogP contribution in [-0.2, 0) is 30.4 Å². The van der Waals surface area contributed by atoms with Gasteiger partial charge in [0.25, 0.3) is 0 Å². The number of nitrogens with two attached hydrogens (primary N) is 1. The molecule has 11 nitrogen and oxygen atoms in total. The van der Waals surface area contributed by atoms with Gasteiger partial charge in [0.05, 0.1) is 6.04 Å². The number of nitrogens with zero attached hydrogens (tertiary/aromatic N) is 2. The predicted octanol–water partition coefficient (Wildman–Crippen LogP) is 1.29. The molecule has 0 aliphatic carbocycles. The third-order valence-electron chi connectivity index (χ3n) is 7.85. The summed E-state index contributed by atoms with van der Waals surface area (Å²) in [5.74, 6) is -2.94. The van der Waals surface area contributed by atoms with Crippen LogP contribution in [0.25, 0.3) is 0 Å². The second-order valence-electron chi connectivity index (χ2n) is 11.9. The smallest absolute Gasteiger partial charge is 0.326 e. The first-order chi connectivity index (χ1) is 19.4. The number of nitrogens with one attached hydrogen (secondary N) is 2. The van der Waals surface area contributed by atoms with Crippen molar-refractivity contribution in [3.8, 4) is 0 Å². The van der Waals surface area contributed by atoms with Gasteiger partial charge in [0, 0.05) is 13.1 Å². The summed E-state index contributed by atoms with van der Waals surface area (Å²) in [5.41, 5.74) is 7.06. The fourth-order valence-electron chi connectivity index (χ4n) is 5.65. The molecule has 41 heavy (non-hydrogen) atoms. The van der Waals surface area contributed by atoms with E-state index >= 15 is 0 Å². The molecule has 5 N–H and O–H groups in total. The van der Waals surface area contributed by atoms with Gasteiger partial charge in [0.2, 0.25) is 23.6 Å². The maximum atomic E-state index is 13.8. The topological polar surface area (TPSA) is 162 Å². The average Bonchev–Trinajstić information content (AvgIpc) is 3.61. The molecule has 0 aromatic heterocycles. The fraction of sp³-hybridized carbons (Fsp3) is 0.633. The average molecular weight is 572 g/mol. The second-order valence-corrected chi connectivity index (χ2v) is 11.9. The van der Waals surface area contributed by atoms with Gasteiger partial charge < -0.3 is 31.3 Å². The summed E-state index contributed by atoms with van der Waals surface area (Å²) in [4.78, 5) is 68.1. The zero-order valence-electron chi connectivity index (χ0n) is 24.5. The molecule has 4 amide bonds. The van der Waals surface area contributed by atoms with Crippen molar-refractivity contribution in [2.75, 3.05) is 13.1 Å². The third kappa shape index (κ3) is 8.28. The van der Waals surface area contributed by atoms with Crippen LogP contribution >= 0.6 is 0 Å².